The number of carbonyl (C=O) groups is 2. The van der Waals surface area contributed by atoms with E-state index < -0.39 is 6.04 Å². The Labute approximate surface area is 219 Å². The van der Waals surface area contributed by atoms with Crippen LogP contribution < -0.4 is 10.1 Å². The smallest absolute Gasteiger partial charge is 0.275 e. The van der Waals surface area contributed by atoms with Gasteiger partial charge in [-0.3, -0.25) is 14.6 Å². The molecule has 2 amide bonds. The molecule has 1 N–H and O–H groups in total. The molecule has 1 aliphatic carbocycles. The van der Waals surface area contributed by atoms with Crippen molar-refractivity contribution >= 4 is 11.8 Å². The van der Waals surface area contributed by atoms with Gasteiger partial charge in [-0.05, 0) is 56.4 Å². The van der Waals surface area contributed by atoms with E-state index in [1.807, 2.05) is 56.3 Å². The normalized spacial score (nSPS) is 14.5. The number of aromatic nitrogens is 2. The second-order valence-electron chi connectivity index (χ2n) is 9.58. The minimum atomic E-state index is -0.808. The summed E-state index contributed by atoms with van der Waals surface area (Å²) in [6.07, 6.45) is 10.4. The molecule has 0 bridgehead atoms. The Morgan fingerprint density at radius 3 is 2.54 bits per heavy atom. The monoisotopic (exact) mass is 500 g/mol. The number of rotatable bonds is 10. The summed E-state index contributed by atoms with van der Waals surface area (Å²) in [5, 5.41) is 3.25. The van der Waals surface area contributed by atoms with Gasteiger partial charge in [-0.1, -0.05) is 61.2 Å². The van der Waals surface area contributed by atoms with Crippen LogP contribution in [-0.4, -0.2) is 45.9 Å². The lowest BCUT2D eigenvalue weighted by Crippen LogP contribution is -2.47. The summed E-state index contributed by atoms with van der Waals surface area (Å²) < 4.78 is 5.62. The van der Waals surface area contributed by atoms with E-state index in [9.17, 15) is 9.59 Å². The van der Waals surface area contributed by atoms with Crippen molar-refractivity contribution in [3.8, 4) is 5.75 Å². The minimum absolute atomic E-state index is 0.122. The Bertz CT molecular complexity index is 1160. The van der Waals surface area contributed by atoms with Gasteiger partial charge in [0.25, 0.3) is 5.91 Å². The largest absolute Gasteiger partial charge is 0.494 e. The summed E-state index contributed by atoms with van der Waals surface area (Å²) in [6, 6.07) is 15.0. The summed E-state index contributed by atoms with van der Waals surface area (Å²) in [4.78, 5) is 37.7. The number of nitrogens with zero attached hydrogens (tertiary/aromatic N) is 3. The molecule has 0 spiro atoms. The zero-order chi connectivity index (χ0) is 26.0. The molecule has 1 heterocycles. The van der Waals surface area contributed by atoms with Gasteiger partial charge in [0.15, 0.2) is 0 Å². The van der Waals surface area contributed by atoms with E-state index in [0.29, 0.717) is 19.6 Å². The van der Waals surface area contributed by atoms with Crippen molar-refractivity contribution in [2.24, 2.45) is 0 Å². The van der Waals surface area contributed by atoms with Gasteiger partial charge in [0, 0.05) is 25.0 Å². The summed E-state index contributed by atoms with van der Waals surface area (Å²) in [7, 11) is 0. The van der Waals surface area contributed by atoms with Gasteiger partial charge >= 0.3 is 0 Å². The van der Waals surface area contributed by atoms with Crippen molar-refractivity contribution in [1.82, 2.24) is 20.2 Å². The van der Waals surface area contributed by atoms with Crippen LogP contribution in [0.15, 0.2) is 67.1 Å². The molecule has 3 aromatic rings. The number of aryl methyl sites for hydroxylation is 1. The third-order valence-electron chi connectivity index (χ3n) is 6.79. The summed E-state index contributed by atoms with van der Waals surface area (Å²) in [5.74, 6) is 0.236. The fraction of sp³-hybridized carbons (Fsp3) is 0.400. The summed E-state index contributed by atoms with van der Waals surface area (Å²) in [5.41, 5.74) is 3.21. The van der Waals surface area contributed by atoms with E-state index in [4.69, 9.17) is 4.74 Å². The van der Waals surface area contributed by atoms with E-state index >= 15 is 0 Å². The van der Waals surface area contributed by atoms with Gasteiger partial charge in [-0.15, -0.1) is 0 Å². The van der Waals surface area contributed by atoms with Crippen LogP contribution in [0.1, 0.15) is 72.2 Å². The first-order valence-electron chi connectivity index (χ1n) is 13.2. The first-order valence-corrected chi connectivity index (χ1v) is 13.2. The number of benzene rings is 2. The highest BCUT2D eigenvalue weighted by Crippen LogP contribution is 2.27. The number of hydrogen-bond acceptors (Lipinski definition) is 5. The minimum Gasteiger partial charge on any atom is -0.494 e. The van der Waals surface area contributed by atoms with Crippen LogP contribution in [0.25, 0.3) is 0 Å². The molecule has 4 rings (SSSR count). The molecular weight excluding hydrogens is 464 g/mol. The molecule has 194 valence electrons. The van der Waals surface area contributed by atoms with E-state index in [-0.39, 0.29) is 23.6 Å². The molecule has 0 radical (unpaired) electrons. The molecule has 7 heteroatoms. The number of hydrogen-bond donors (Lipinski definition) is 1. The van der Waals surface area contributed by atoms with Gasteiger partial charge in [0.1, 0.15) is 17.5 Å². The molecule has 1 saturated carbocycles. The number of carbonyl (C=O) groups excluding carboxylic acids is 2. The molecule has 7 nitrogen and oxygen atoms in total. The van der Waals surface area contributed by atoms with Crippen LogP contribution in [0.3, 0.4) is 0 Å². The highest BCUT2D eigenvalue weighted by atomic mass is 16.5. The maximum Gasteiger partial charge on any atom is 0.275 e. The molecule has 1 fully saturated rings. The maximum absolute atomic E-state index is 13.9. The second-order valence-corrected chi connectivity index (χ2v) is 9.58. The number of nitrogens with one attached hydrogen (secondary N) is 1. The van der Waals surface area contributed by atoms with Crippen molar-refractivity contribution in [1.29, 1.82) is 0 Å². The molecule has 0 unspecified atom stereocenters. The highest BCUT2D eigenvalue weighted by molar-refractivity contribution is 5.96. The van der Waals surface area contributed by atoms with Gasteiger partial charge in [-0.2, -0.15) is 0 Å². The SMILES string of the molecule is CCOc1ccc([C@@H](C(=O)NC2CCCCC2)N(CCc2cccc(C)c2)C(=O)c2cnccn2)cc1. The summed E-state index contributed by atoms with van der Waals surface area (Å²) >= 11 is 0. The van der Waals surface area contributed by atoms with Crippen molar-refractivity contribution < 1.29 is 14.3 Å². The third-order valence-corrected chi connectivity index (χ3v) is 6.79. The van der Waals surface area contributed by atoms with Crippen LogP contribution >= 0.6 is 0 Å². The fourth-order valence-corrected chi connectivity index (χ4v) is 4.93. The van der Waals surface area contributed by atoms with Gasteiger partial charge in [-0.25, -0.2) is 4.98 Å². The molecule has 1 aromatic heterocycles. The van der Waals surface area contributed by atoms with E-state index in [1.54, 1.807) is 4.90 Å². The van der Waals surface area contributed by atoms with Crippen molar-refractivity contribution in [2.45, 2.75) is 64.5 Å². The van der Waals surface area contributed by atoms with Crippen molar-refractivity contribution in [3.05, 3.63) is 89.5 Å². The number of amides is 2. The maximum atomic E-state index is 13.9. The summed E-state index contributed by atoms with van der Waals surface area (Å²) in [6.45, 7) is 4.89. The Morgan fingerprint density at radius 2 is 1.86 bits per heavy atom. The van der Waals surface area contributed by atoms with Crippen LogP contribution in [0, 0.1) is 6.92 Å². The van der Waals surface area contributed by atoms with E-state index in [2.05, 4.69) is 21.4 Å². The predicted octanol–water partition coefficient (Wildman–Crippen LogP) is 5.06. The van der Waals surface area contributed by atoms with Crippen molar-refractivity contribution in [2.75, 3.05) is 13.2 Å². The van der Waals surface area contributed by atoms with Crippen molar-refractivity contribution in [3.63, 3.8) is 0 Å². The third kappa shape index (κ3) is 7.15. The lowest BCUT2D eigenvalue weighted by molar-refractivity contribution is -0.126. The first kappa shape index (κ1) is 26.3. The van der Waals surface area contributed by atoms with Crippen LogP contribution in [0.4, 0.5) is 0 Å². The lowest BCUT2D eigenvalue weighted by Gasteiger charge is -2.33. The van der Waals surface area contributed by atoms with E-state index in [1.165, 1.54) is 25.0 Å². The molecule has 1 aliphatic rings. The van der Waals surface area contributed by atoms with Crippen LogP contribution in [0.2, 0.25) is 0 Å². The Kier molecular flexibility index (Phi) is 9.24. The molecular formula is C30H36N4O3. The molecule has 0 aliphatic heterocycles. The van der Waals surface area contributed by atoms with Gasteiger partial charge < -0.3 is 15.0 Å². The van der Waals surface area contributed by atoms with E-state index in [0.717, 1.165) is 48.1 Å². The van der Waals surface area contributed by atoms with Crippen LogP contribution in [0.5, 0.6) is 5.75 Å². The average molecular weight is 501 g/mol. The van der Waals surface area contributed by atoms with Gasteiger partial charge in [0.05, 0.1) is 12.8 Å². The number of ether oxygens (including phenoxy) is 1. The predicted molar refractivity (Wildman–Crippen MR) is 143 cm³/mol. The zero-order valence-corrected chi connectivity index (χ0v) is 21.7. The standard InChI is InChI=1S/C30H36N4O3/c1-3-37-26-14-12-24(13-15-26)28(29(35)33-25-10-5-4-6-11-25)34(30(36)27-21-31-17-18-32-27)19-16-23-9-7-8-22(2)20-23/h7-9,12-15,17-18,20-21,25,28H,3-6,10-11,16,19H2,1-2H3,(H,33,35)/t28-/m0/s1. The Balaban J connectivity index is 1.69. The highest BCUT2D eigenvalue weighted by Gasteiger charge is 2.34. The lowest BCUT2D eigenvalue weighted by atomic mass is 9.94. The topological polar surface area (TPSA) is 84.4 Å². The zero-order valence-electron chi connectivity index (χ0n) is 21.7. The fourth-order valence-electron chi connectivity index (χ4n) is 4.93. The molecule has 1 atom stereocenters. The molecule has 37 heavy (non-hydrogen) atoms. The van der Waals surface area contributed by atoms with Gasteiger partial charge in [0.2, 0.25) is 5.91 Å². The second kappa shape index (κ2) is 13.0. The average Bonchev–Trinajstić information content (AvgIpc) is 2.92. The first-order chi connectivity index (χ1) is 18.0. The quantitative estimate of drug-likeness (QED) is 0.421. The molecule has 0 saturated heterocycles. The van der Waals surface area contributed by atoms with Crippen LogP contribution in [-0.2, 0) is 11.2 Å². The Morgan fingerprint density at radius 1 is 1.08 bits per heavy atom. The molecule has 2 aromatic carbocycles. The Hall–Kier alpha value is -3.74.